The molecule has 212 valence electrons. The Kier molecular flexibility index (Phi) is 7.61. The molecule has 1 aromatic heterocycles. The molecule has 3 saturated heterocycles. The number of rotatable bonds is 8. The highest BCUT2D eigenvalue weighted by molar-refractivity contribution is 8.03. The number of aromatic nitrogens is 4. The van der Waals surface area contributed by atoms with Crippen molar-refractivity contribution in [3.05, 3.63) is 16.9 Å². The van der Waals surface area contributed by atoms with E-state index in [1.165, 1.54) is 32.6 Å². The number of alkyl halides is 1. The number of piperidine rings is 1. The summed E-state index contributed by atoms with van der Waals surface area (Å²) in [5, 5.41) is 26.5. The second-order valence-corrected chi connectivity index (χ2v) is 11.9. The minimum atomic E-state index is -1.25. The van der Waals surface area contributed by atoms with E-state index >= 15 is 0 Å². The summed E-state index contributed by atoms with van der Waals surface area (Å²) in [6.07, 6.45) is 0.922. The van der Waals surface area contributed by atoms with Crippen LogP contribution >= 0.6 is 11.8 Å². The Bertz CT molecular complexity index is 1180. The van der Waals surface area contributed by atoms with Crippen LogP contribution in [0, 0.1) is 11.8 Å². The fourth-order valence-electron chi connectivity index (χ4n) is 5.99. The lowest BCUT2D eigenvalue weighted by atomic mass is 9.78. The lowest BCUT2D eigenvalue weighted by Crippen LogP contribution is -2.66. The van der Waals surface area contributed by atoms with Crippen LogP contribution in [0.15, 0.2) is 16.9 Å². The zero-order valence-corrected chi connectivity index (χ0v) is 22.4. The second-order valence-electron chi connectivity index (χ2n) is 10.6. The zero-order chi connectivity index (χ0) is 28.0. The van der Waals surface area contributed by atoms with Crippen LogP contribution < -0.4 is 16.4 Å². The molecule has 0 saturated carbocycles. The third kappa shape index (κ3) is 5.12. The summed E-state index contributed by atoms with van der Waals surface area (Å²) in [6.45, 7) is 4.36. The largest absolute Gasteiger partial charge is 0.477 e. The maximum absolute atomic E-state index is 14.1. The standard InChI is InChI=1S/C23H32FN9O5S/c1-10-18-17(11(2)28-16(34)8-32-9-27-29-30-32)22(36)33(18)19(23(37)38)20(10)39-12-5-15(26-6-12)21(35)31-4-3-14(25)13(24)7-31/h9-15,17-18,26H,3-8,25H2,1-2H3,(H,28,34)(H,37,38)/t10-,11-,12?,13?,14?,15?,17-,18-/m1/s1. The summed E-state index contributed by atoms with van der Waals surface area (Å²) in [5.74, 6) is -2.93. The molecule has 1 aromatic rings. The minimum Gasteiger partial charge on any atom is -0.477 e. The van der Waals surface area contributed by atoms with Crippen LogP contribution in [0.25, 0.3) is 0 Å². The molecule has 3 fully saturated rings. The van der Waals surface area contributed by atoms with Crippen molar-refractivity contribution < 1.29 is 28.7 Å². The number of aliphatic carboxylic acids is 1. The molecule has 5 N–H and O–H groups in total. The van der Waals surface area contributed by atoms with Crippen LogP contribution in [0.5, 0.6) is 0 Å². The molecule has 16 heteroatoms. The molecule has 3 amide bonds. The first-order valence-corrected chi connectivity index (χ1v) is 13.8. The van der Waals surface area contributed by atoms with Crippen LogP contribution in [0.2, 0.25) is 0 Å². The highest BCUT2D eigenvalue weighted by Crippen LogP contribution is 2.51. The van der Waals surface area contributed by atoms with Gasteiger partial charge < -0.3 is 31.3 Å². The van der Waals surface area contributed by atoms with Gasteiger partial charge in [0.2, 0.25) is 17.7 Å². The van der Waals surface area contributed by atoms with E-state index in [4.69, 9.17) is 5.73 Å². The summed E-state index contributed by atoms with van der Waals surface area (Å²) >= 11 is 1.37. The molecular weight excluding hydrogens is 533 g/mol. The number of carbonyl (C=O) groups excluding carboxylic acids is 3. The Morgan fingerprint density at radius 1 is 1.38 bits per heavy atom. The molecule has 4 unspecified atom stereocenters. The summed E-state index contributed by atoms with van der Waals surface area (Å²) in [7, 11) is 0. The van der Waals surface area contributed by atoms with E-state index in [1.54, 1.807) is 6.92 Å². The van der Waals surface area contributed by atoms with Gasteiger partial charge in [-0.3, -0.25) is 14.4 Å². The molecule has 5 rings (SSSR count). The topological polar surface area (TPSA) is 189 Å². The lowest BCUT2D eigenvalue weighted by Gasteiger charge is -2.47. The van der Waals surface area contributed by atoms with E-state index in [0.29, 0.717) is 30.8 Å². The molecule has 14 nitrogen and oxygen atoms in total. The Morgan fingerprint density at radius 2 is 2.15 bits per heavy atom. The SMILES string of the molecule is C[C@@H](NC(=O)Cn1cnnn1)[C@H]1C(=O)N2C(C(=O)O)=C(SC3CNC(C(=O)N4CCC(N)C(F)C4)C3)[C@H](C)[C@H]12. The predicted octanol–water partition coefficient (Wildman–Crippen LogP) is -1.69. The van der Waals surface area contributed by atoms with Gasteiger partial charge in [0.05, 0.1) is 24.5 Å². The number of halogens is 1. The molecule has 8 atom stereocenters. The average molecular weight is 566 g/mol. The molecule has 0 aliphatic carbocycles. The zero-order valence-electron chi connectivity index (χ0n) is 21.6. The molecule has 4 aliphatic heterocycles. The Balaban J connectivity index is 1.22. The smallest absolute Gasteiger partial charge is 0.353 e. The summed E-state index contributed by atoms with van der Waals surface area (Å²) in [5.41, 5.74) is 5.70. The van der Waals surface area contributed by atoms with Gasteiger partial charge >= 0.3 is 5.97 Å². The fourth-order valence-corrected chi connectivity index (χ4v) is 7.47. The number of tetrazole rings is 1. The molecule has 4 aliphatic rings. The number of likely N-dealkylation sites (tertiary alicyclic amines) is 1. The Hall–Kier alpha value is -3.11. The highest BCUT2D eigenvalue weighted by Gasteiger charge is 2.60. The molecule has 0 spiro atoms. The molecular formula is C23H32FN9O5S. The number of thioether (sulfide) groups is 1. The normalized spacial score (nSPS) is 33.1. The van der Waals surface area contributed by atoms with Crippen LogP contribution in [0.4, 0.5) is 4.39 Å². The van der Waals surface area contributed by atoms with Crippen LogP contribution in [0.3, 0.4) is 0 Å². The number of carbonyl (C=O) groups is 4. The van der Waals surface area contributed by atoms with E-state index in [-0.39, 0.29) is 47.7 Å². The van der Waals surface area contributed by atoms with Crippen molar-refractivity contribution in [3.63, 3.8) is 0 Å². The van der Waals surface area contributed by atoms with Gasteiger partial charge in [0.25, 0.3) is 0 Å². The van der Waals surface area contributed by atoms with E-state index < -0.39 is 42.2 Å². The number of amides is 3. The Morgan fingerprint density at radius 3 is 2.82 bits per heavy atom. The summed E-state index contributed by atoms with van der Waals surface area (Å²) in [4.78, 5) is 54.2. The number of hydrogen-bond donors (Lipinski definition) is 4. The number of nitrogens with two attached hydrogens (primary N) is 1. The molecule has 0 radical (unpaired) electrons. The first-order valence-electron chi connectivity index (χ1n) is 13.0. The van der Waals surface area contributed by atoms with Gasteiger partial charge in [0, 0.05) is 41.2 Å². The number of hydrogen-bond acceptors (Lipinski definition) is 10. The Labute approximate surface area is 227 Å². The van der Waals surface area contributed by atoms with Crippen LogP contribution in [-0.2, 0) is 25.7 Å². The molecule has 0 bridgehead atoms. The van der Waals surface area contributed by atoms with Gasteiger partial charge in [0.15, 0.2) is 0 Å². The number of carboxylic acid groups (broad SMARTS) is 1. The van der Waals surface area contributed by atoms with Crippen molar-refractivity contribution >= 4 is 35.5 Å². The predicted molar refractivity (Wildman–Crippen MR) is 135 cm³/mol. The second kappa shape index (κ2) is 10.8. The van der Waals surface area contributed by atoms with Crippen molar-refractivity contribution in [2.24, 2.45) is 17.6 Å². The number of β-lactam (4-membered cyclic amide) rings is 1. The van der Waals surface area contributed by atoms with Crippen molar-refractivity contribution in [1.29, 1.82) is 0 Å². The average Bonchev–Trinajstić information content (AvgIpc) is 3.61. The number of nitrogens with one attached hydrogen (secondary N) is 2. The maximum atomic E-state index is 14.1. The maximum Gasteiger partial charge on any atom is 0.353 e. The fraction of sp³-hybridized carbons (Fsp3) is 0.696. The van der Waals surface area contributed by atoms with E-state index in [2.05, 4.69) is 26.2 Å². The van der Waals surface area contributed by atoms with Crippen molar-refractivity contribution in [1.82, 2.24) is 40.6 Å². The van der Waals surface area contributed by atoms with E-state index in [0.717, 1.165) is 0 Å². The third-order valence-corrected chi connectivity index (χ3v) is 9.51. The summed E-state index contributed by atoms with van der Waals surface area (Å²) < 4.78 is 15.3. The summed E-state index contributed by atoms with van der Waals surface area (Å²) in [6, 6.07) is -1.98. The van der Waals surface area contributed by atoms with Gasteiger partial charge in [-0.2, -0.15) is 0 Å². The number of fused-ring (bicyclic) bond motifs is 1. The van der Waals surface area contributed by atoms with E-state index in [9.17, 15) is 28.7 Å². The molecule has 39 heavy (non-hydrogen) atoms. The van der Waals surface area contributed by atoms with Crippen molar-refractivity contribution in [2.75, 3.05) is 19.6 Å². The van der Waals surface area contributed by atoms with Crippen molar-refractivity contribution in [2.45, 2.75) is 68.8 Å². The van der Waals surface area contributed by atoms with Crippen LogP contribution in [-0.4, -0.2) is 114 Å². The first kappa shape index (κ1) is 27.5. The number of carboxylic acids is 1. The highest BCUT2D eigenvalue weighted by atomic mass is 32.2. The third-order valence-electron chi connectivity index (χ3n) is 8.00. The minimum absolute atomic E-state index is 0.0219. The van der Waals surface area contributed by atoms with Gasteiger partial charge in [-0.1, -0.05) is 6.92 Å². The first-order chi connectivity index (χ1) is 18.6. The van der Waals surface area contributed by atoms with Gasteiger partial charge in [-0.25, -0.2) is 13.9 Å². The van der Waals surface area contributed by atoms with Crippen LogP contribution in [0.1, 0.15) is 26.7 Å². The molecule has 5 heterocycles. The van der Waals surface area contributed by atoms with E-state index in [1.807, 2.05) is 6.92 Å². The van der Waals surface area contributed by atoms with Gasteiger partial charge in [0.1, 0.15) is 24.7 Å². The monoisotopic (exact) mass is 565 g/mol. The van der Waals surface area contributed by atoms with Crippen molar-refractivity contribution in [3.8, 4) is 0 Å². The van der Waals surface area contributed by atoms with Gasteiger partial charge in [-0.15, -0.1) is 16.9 Å². The molecule has 0 aromatic carbocycles. The quantitative estimate of drug-likeness (QED) is 0.263. The van der Waals surface area contributed by atoms with Gasteiger partial charge in [-0.05, 0) is 30.2 Å². The number of nitrogens with zero attached hydrogens (tertiary/aromatic N) is 6. The lowest BCUT2D eigenvalue weighted by molar-refractivity contribution is -0.158.